The molecule has 0 saturated carbocycles. The molecule has 23 heavy (non-hydrogen) atoms. The first-order chi connectivity index (χ1) is 10.8. The van der Waals surface area contributed by atoms with Crippen LogP contribution in [0.5, 0.6) is 0 Å². The van der Waals surface area contributed by atoms with Gasteiger partial charge in [0.15, 0.2) is 5.11 Å². The summed E-state index contributed by atoms with van der Waals surface area (Å²) in [6, 6.07) is 3.18. The van der Waals surface area contributed by atoms with E-state index < -0.39 is 5.91 Å². The fraction of sp³-hybridized carbons (Fsp3) is 0.286. The van der Waals surface area contributed by atoms with Crippen LogP contribution in [0.4, 0.5) is 0 Å². The van der Waals surface area contributed by atoms with E-state index in [2.05, 4.69) is 29.2 Å². The van der Waals surface area contributed by atoms with E-state index in [1.165, 1.54) is 0 Å². The Morgan fingerprint density at radius 3 is 2.52 bits per heavy atom. The molecule has 0 radical (unpaired) electrons. The van der Waals surface area contributed by atoms with Crippen LogP contribution in [0.3, 0.4) is 0 Å². The maximum absolute atomic E-state index is 12.3. The number of pyridine rings is 1. The molecule has 3 N–H and O–H groups in total. The van der Waals surface area contributed by atoms with E-state index in [1.54, 1.807) is 23.0 Å². The average molecular weight is 372 g/mol. The number of halogens is 2. The highest BCUT2D eigenvalue weighted by molar-refractivity contribution is 7.80. The molecule has 0 unspecified atom stereocenters. The third kappa shape index (κ3) is 4.63. The van der Waals surface area contributed by atoms with Crippen LogP contribution < -0.4 is 11.1 Å². The number of nitrogens with two attached hydrogens (primary N) is 1. The van der Waals surface area contributed by atoms with Gasteiger partial charge in [-0.25, -0.2) is 4.98 Å². The van der Waals surface area contributed by atoms with Gasteiger partial charge in [0.1, 0.15) is 16.0 Å². The molecule has 0 aromatic carbocycles. The van der Waals surface area contributed by atoms with Gasteiger partial charge in [0, 0.05) is 18.3 Å². The van der Waals surface area contributed by atoms with E-state index in [4.69, 9.17) is 41.2 Å². The normalized spacial score (nSPS) is 10.8. The minimum atomic E-state index is -0.438. The zero-order valence-electron chi connectivity index (χ0n) is 12.5. The van der Waals surface area contributed by atoms with Crippen molar-refractivity contribution in [1.29, 1.82) is 0 Å². The van der Waals surface area contributed by atoms with Gasteiger partial charge in [-0.3, -0.25) is 14.8 Å². The number of rotatable bonds is 4. The minimum Gasteiger partial charge on any atom is -0.376 e. The summed E-state index contributed by atoms with van der Waals surface area (Å²) in [5, 5.41) is 7.18. The molecule has 2 rings (SSSR count). The molecular formula is C14H15Cl2N5OS. The number of hydrogen-bond donors (Lipinski definition) is 2. The van der Waals surface area contributed by atoms with E-state index in [0.29, 0.717) is 29.3 Å². The van der Waals surface area contributed by atoms with Gasteiger partial charge in [0.25, 0.3) is 5.91 Å². The standard InChI is InChI=1S/C14H15Cl2N5OS/c1-7(2)5-21-6-9(13(22)19-14(17)23)12(20-21)8-3-10(15)18-11(16)4-8/h3-4,6-7H,5H2,1-2H3,(H3,17,19,22,23). The van der Waals surface area contributed by atoms with Gasteiger partial charge in [-0.2, -0.15) is 5.10 Å². The number of thiocarbonyl (C=S) groups is 1. The Morgan fingerprint density at radius 2 is 2.00 bits per heavy atom. The Hall–Kier alpha value is -1.70. The number of nitrogens with zero attached hydrogens (tertiary/aromatic N) is 3. The highest BCUT2D eigenvalue weighted by Gasteiger charge is 2.19. The largest absolute Gasteiger partial charge is 0.376 e. The molecule has 0 bridgehead atoms. The van der Waals surface area contributed by atoms with Crippen molar-refractivity contribution in [3.05, 3.63) is 34.2 Å². The number of aromatic nitrogens is 3. The van der Waals surface area contributed by atoms with E-state index in [1.807, 2.05) is 0 Å². The molecule has 0 spiro atoms. The lowest BCUT2D eigenvalue weighted by Crippen LogP contribution is -2.34. The first kappa shape index (κ1) is 17.7. The van der Waals surface area contributed by atoms with Crippen LogP contribution >= 0.6 is 35.4 Å². The average Bonchev–Trinajstić information content (AvgIpc) is 2.79. The molecule has 0 fully saturated rings. The third-order valence-corrected chi connectivity index (χ3v) is 3.32. The molecule has 0 aliphatic rings. The predicted molar refractivity (Wildman–Crippen MR) is 94.6 cm³/mol. The van der Waals surface area contributed by atoms with E-state index in [9.17, 15) is 4.79 Å². The third-order valence-electron chi connectivity index (χ3n) is 2.83. The molecule has 2 aromatic rings. The molecule has 0 atom stereocenters. The van der Waals surface area contributed by atoms with Gasteiger partial charge < -0.3 is 5.73 Å². The number of carbonyl (C=O) groups excluding carboxylic acids is 1. The zero-order valence-corrected chi connectivity index (χ0v) is 14.8. The first-order valence-corrected chi connectivity index (χ1v) is 7.94. The second kappa shape index (κ2) is 7.25. The summed E-state index contributed by atoms with van der Waals surface area (Å²) in [6.45, 7) is 4.76. The quantitative estimate of drug-likeness (QED) is 0.637. The van der Waals surface area contributed by atoms with Gasteiger partial charge in [-0.15, -0.1) is 0 Å². The summed E-state index contributed by atoms with van der Waals surface area (Å²) in [5.74, 6) is -0.0783. The maximum atomic E-state index is 12.3. The van der Waals surface area contributed by atoms with Crippen molar-refractivity contribution in [2.45, 2.75) is 20.4 Å². The van der Waals surface area contributed by atoms with E-state index in [-0.39, 0.29) is 15.4 Å². The number of amides is 1. The lowest BCUT2D eigenvalue weighted by Gasteiger charge is -2.04. The molecular weight excluding hydrogens is 357 g/mol. The molecule has 2 aromatic heterocycles. The SMILES string of the molecule is CC(C)Cn1cc(C(=O)NC(N)=S)c(-c2cc(Cl)nc(Cl)c2)n1. The van der Waals surface area contributed by atoms with Crippen molar-refractivity contribution in [2.24, 2.45) is 11.7 Å². The fourth-order valence-corrected chi connectivity index (χ4v) is 2.60. The fourth-order valence-electron chi connectivity index (χ4n) is 2.05. The van der Waals surface area contributed by atoms with Crippen molar-refractivity contribution in [3.63, 3.8) is 0 Å². The molecule has 0 saturated heterocycles. The van der Waals surface area contributed by atoms with Crippen molar-refractivity contribution in [1.82, 2.24) is 20.1 Å². The van der Waals surface area contributed by atoms with Crippen LogP contribution in [0.15, 0.2) is 18.3 Å². The Labute approximate surface area is 149 Å². The summed E-state index contributed by atoms with van der Waals surface area (Å²) in [4.78, 5) is 16.2. The minimum absolute atomic E-state index is 0.108. The molecule has 122 valence electrons. The summed E-state index contributed by atoms with van der Waals surface area (Å²) in [6.07, 6.45) is 1.64. The number of carbonyl (C=O) groups is 1. The van der Waals surface area contributed by atoms with Gasteiger partial charge in [0.05, 0.1) is 5.56 Å². The van der Waals surface area contributed by atoms with Gasteiger partial charge >= 0.3 is 0 Å². The summed E-state index contributed by atoms with van der Waals surface area (Å²) >= 11 is 16.6. The van der Waals surface area contributed by atoms with Crippen LogP contribution in [0.2, 0.25) is 10.3 Å². The van der Waals surface area contributed by atoms with E-state index in [0.717, 1.165) is 0 Å². The summed E-state index contributed by atoms with van der Waals surface area (Å²) in [7, 11) is 0. The zero-order chi connectivity index (χ0) is 17.1. The summed E-state index contributed by atoms with van der Waals surface area (Å²) in [5.41, 5.74) is 6.73. The molecule has 1 amide bonds. The number of nitrogens with one attached hydrogen (secondary N) is 1. The van der Waals surface area contributed by atoms with Crippen LogP contribution in [-0.4, -0.2) is 25.8 Å². The Balaban J connectivity index is 2.52. The topological polar surface area (TPSA) is 85.8 Å². The molecule has 6 nitrogen and oxygen atoms in total. The van der Waals surface area contributed by atoms with Crippen molar-refractivity contribution in [3.8, 4) is 11.3 Å². The predicted octanol–water partition coefficient (Wildman–Crippen LogP) is 2.88. The highest BCUT2D eigenvalue weighted by atomic mass is 35.5. The van der Waals surface area contributed by atoms with Crippen LogP contribution in [0, 0.1) is 5.92 Å². The highest BCUT2D eigenvalue weighted by Crippen LogP contribution is 2.27. The Morgan fingerprint density at radius 1 is 1.39 bits per heavy atom. The van der Waals surface area contributed by atoms with Crippen LogP contribution in [0.25, 0.3) is 11.3 Å². The van der Waals surface area contributed by atoms with Crippen molar-refractivity contribution in [2.75, 3.05) is 0 Å². The first-order valence-electron chi connectivity index (χ1n) is 6.78. The maximum Gasteiger partial charge on any atom is 0.261 e. The molecule has 9 heteroatoms. The second-order valence-electron chi connectivity index (χ2n) is 5.33. The molecule has 2 heterocycles. The van der Waals surface area contributed by atoms with Crippen molar-refractivity contribution < 1.29 is 4.79 Å². The van der Waals surface area contributed by atoms with Crippen LogP contribution in [-0.2, 0) is 6.54 Å². The van der Waals surface area contributed by atoms with Crippen LogP contribution in [0.1, 0.15) is 24.2 Å². The second-order valence-corrected chi connectivity index (χ2v) is 6.54. The molecule has 0 aliphatic carbocycles. The smallest absolute Gasteiger partial charge is 0.261 e. The van der Waals surface area contributed by atoms with Crippen molar-refractivity contribution >= 4 is 46.4 Å². The van der Waals surface area contributed by atoms with Gasteiger partial charge in [-0.05, 0) is 30.3 Å². The lowest BCUT2D eigenvalue weighted by atomic mass is 10.1. The number of hydrogen-bond acceptors (Lipinski definition) is 4. The van der Waals surface area contributed by atoms with E-state index >= 15 is 0 Å². The van der Waals surface area contributed by atoms with Gasteiger partial charge in [-0.1, -0.05) is 37.0 Å². The lowest BCUT2D eigenvalue weighted by molar-refractivity contribution is 0.0978. The Bertz CT molecular complexity index is 739. The monoisotopic (exact) mass is 371 g/mol. The van der Waals surface area contributed by atoms with Gasteiger partial charge in [0.2, 0.25) is 0 Å². The summed E-state index contributed by atoms with van der Waals surface area (Å²) < 4.78 is 1.69. The Kier molecular flexibility index (Phi) is 5.56. The molecule has 0 aliphatic heterocycles.